The number of amides is 1. The first kappa shape index (κ1) is 17.0. The van der Waals surface area contributed by atoms with Gasteiger partial charge in [-0.3, -0.25) is 9.20 Å². The van der Waals surface area contributed by atoms with Crippen LogP contribution in [0.4, 0.5) is 5.69 Å². The molecule has 4 aromatic rings. The molecule has 2 heterocycles. The van der Waals surface area contributed by atoms with Crippen molar-refractivity contribution in [2.75, 3.05) is 5.32 Å². The average molecular weight is 372 g/mol. The zero-order chi connectivity index (χ0) is 18.6. The molecule has 0 saturated heterocycles. The summed E-state index contributed by atoms with van der Waals surface area (Å²) in [5.74, 6) is -0.0328. The number of hydrogen-bond acceptors (Lipinski definition) is 4. The summed E-state index contributed by atoms with van der Waals surface area (Å²) in [6, 6.07) is 17.1. The normalized spacial score (nSPS) is 10.6. The van der Waals surface area contributed by atoms with E-state index in [9.17, 15) is 4.79 Å². The Bertz CT molecular complexity index is 1090. The molecule has 4 rings (SSSR count). The smallest absolute Gasteiger partial charge is 0.224 e. The van der Waals surface area contributed by atoms with E-state index in [0.717, 1.165) is 27.5 Å². The molecule has 0 spiro atoms. The maximum Gasteiger partial charge on any atom is 0.224 e. The first-order valence-electron chi connectivity index (χ1n) is 8.53. The number of carbonyl (C=O) groups is 1. The lowest BCUT2D eigenvalue weighted by Crippen LogP contribution is -2.12. The highest BCUT2D eigenvalue weighted by Crippen LogP contribution is 2.23. The molecular weight excluding hydrogens is 356 g/mol. The van der Waals surface area contributed by atoms with Gasteiger partial charge in [-0.1, -0.05) is 24.3 Å². The zero-order valence-corrected chi connectivity index (χ0v) is 15.2. The van der Waals surface area contributed by atoms with Gasteiger partial charge in [0.15, 0.2) is 4.96 Å². The number of aromatic nitrogens is 2. The highest BCUT2D eigenvalue weighted by molar-refractivity contribution is 7.15. The molecule has 132 valence electrons. The minimum absolute atomic E-state index is 0.0328. The molecule has 0 aliphatic heterocycles. The first-order valence-corrected chi connectivity index (χ1v) is 9.41. The van der Waals surface area contributed by atoms with Crippen LogP contribution < -0.4 is 5.32 Å². The lowest BCUT2D eigenvalue weighted by molar-refractivity contribution is -0.116. The Hall–Kier alpha value is -3.43. The maximum atomic E-state index is 12.2. The van der Waals surface area contributed by atoms with Crippen LogP contribution in [0.5, 0.6) is 0 Å². The Morgan fingerprint density at radius 2 is 1.93 bits per heavy atom. The summed E-state index contributed by atoms with van der Waals surface area (Å²) in [5.41, 5.74) is 4.37. The number of aryl methyl sites for hydroxylation is 1. The Morgan fingerprint density at radius 3 is 2.63 bits per heavy atom. The number of hydrogen-bond donors (Lipinski definition) is 1. The molecule has 5 nitrogen and oxygen atoms in total. The summed E-state index contributed by atoms with van der Waals surface area (Å²) in [5, 5.41) is 13.7. The zero-order valence-electron chi connectivity index (χ0n) is 14.4. The summed E-state index contributed by atoms with van der Waals surface area (Å²) in [7, 11) is 0. The van der Waals surface area contributed by atoms with E-state index in [0.29, 0.717) is 18.4 Å². The molecule has 0 aliphatic carbocycles. The van der Waals surface area contributed by atoms with Crippen LogP contribution in [0.15, 0.2) is 66.3 Å². The van der Waals surface area contributed by atoms with Crippen molar-refractivity contribution in [3.8, 4) is 17.3 Å². The summed E-state index contributed by atoms with van der Waals surface area (Å²) in [4.78, 5) is 17.7. The largest absolute Gasteiger partial charge is 0.326 e. The molecule has 1 N–H and O–H groups in total. The van der Waals surface area contributed by atoms with Gasteiger partial charge in [0.05, 0.1) is 17.3 Å². The number of anilines is 1. The molecule has 0 unspecified atom stereocenters. The van der Waals surface area contributed by atoms with Crippen molar-refractivity contribution in [1.82, 2.24) is 9.38 Å². The van der Waals surface area contributed by atoms with Crippen LogP contribution in [-0.4, -0.2) is 15.3 Å². The second-order valence-corrected chi connectivity index (χ2v) is 7.03. The number of nitrogens with zero attached hydrogens (tertiary/aromatic N) is 3. The van der Waals surface area contributed by atoms with E-state index in [2.05, 4.69) is 16.4 Å². The molecular formula is C21H16N4OS. The van der Waals surface area contributed by atoms with Gasteiger partial charge in [0, 0.05) is 35.4 Å². The van der Waals surface area contributed by atoms with Crippen molar-refractivity contribution in [2.24, 2.45) is 0 Å². The summed E-state index contributed by atoms with van der Waals surface area (Å²) >= 11 is 1.60. The minimum atomic E-state index is -0.0328. The van der Waals surface area contributed by atoms with E-state index in [1.165, 1.54) is 0 Å². The quantitative estimate of drug-likeness (QED) is 0.560. The molecule has 0 atom stereocenters. The summed E-state index contributed by atoms with van der Waals surface area (Å²) in [6.45, 7) is 0. The van der Waals surface area contributed by atoms with Gasteiger partial charge in [-0.05, 0) is 36.2 Å². The highest BCUT2D eigenvalue weighted by Gasteiger charge is 2.07. The van der Waals surface area contributed by atoms with Gasteiger partial charge in [-0.2, -0.15) is 5.26 Å². The number of rotatable bonds is 5. The number of imidazole rings is 1. The van der Waals surface area contributed by atoms with Crippen LogP contribution in [0.3, 0.4) is 0 Å². The van der Waals surface area contributed by atoms with E-state index in [1.54, 1.807) is 23.5 Å². The van der Waals surface area contributed by atoms with Crippen molar-refractivity contribution < 1.29 is 4.79 Å². The molecule has 0 fully saturated rings. The molecule has 2 aromatic heterocycles. The fraction of sp³-hybridized carbons (Fsp3) is 0.0952. The molecule has 2 aromatic carbocycles. The monoisotopic (exact) mass is 372 g/mol. The summed E-state index contributed by atoms with van der Waals surface area (Å²) < 4.78 is 2.00. The van der Waals surface area contributed by atoms with Crippen molar-refractivity contribution in [2.45, 2.75) is 12.8 Å². The lowest BCUT2D eigenvalue weighted by atomic mass is 10.1. The fourth-order valence-electron chi connectivity index (χ4n) is 2.82. The molecule has 0 radical (unpaired) electrons. The van der Waals surface area contributed by atoms with Gasteiger partial charge >= 0.3 is 0 Å². The van der Waals surface area contributed by atoms with E-state index in [1.807, 2.05) is 58.6 Å². The minimum Gasteiger partial charge on any atom is -0.326 e. The number of nitrogens with one attached hydrogen (secondary N) is 1. The van der Waals surface area contributed by atoms with Crippen LogP contribution in [0.25, 0.3) is 16.2 Å². The van der Waals surface area contributed by atoms with Crippen molar-refractivity contribution in [3.63, 3.8) is 0 Å². The molecule has 1 amide bonds. The second-order valence-electron chi connectivity index (χ2n) is 6.15. The van der Waals surface area contributed by atoms with Gasteiger partial charge < -0.3 is 5.32 Å². The SMILES string of the molecule is N#Cc1ccc(CCC(=O)Nc2ccc(-c3cn4ccsc4n3)cc2)cc1. The number of benzene rings is 2. The molecule has 0 bridgehead atoms. The van der Waals surface area contributed by atoms with E-state index < -0.39 is 0 Å². The predicted octanol–water partition coefficient (Wildman–Crippen LogP) is 4.51. The van der Waals surface area contributed by atoms with Crippen LogP contribution in [0, 0.1) is 11.3 Å². The predicted molar refractivity (Wildman–Crippen MR) is 107 cm³/mol. The van der Waals surface area contributed by atoms with Crippen molar-refractivity contribution in [3.05, 3.63) is 77.4 Å². The van der Waals surface area contributed by atoms with Gasteiger partial charge in [0.25, 0.3) is 0 Å². The van der Waals surface area contributed by atoms with Crippen molar-refractivity contribution >= 4 is 27.9 Å². The Balaban J connectivity index is 1.35. The van der Waals surface area contributed by atoms with Crippen molar-refractivity contribution in [1.29, 1.82) is 5.26 Å². The van der Waals surface area contributed by atoms with Crippen LogP contribution in [0.2, 0.25) is 0 Å². The third-order valence-electron chi connectivity index (χ3n) is 4.28. The third-order valence-corrected chi connectivity index (χ3v) is 5.05. The highest BCUT2D eigenvalue weighted by atomic mass is 32.1. The number of carbonyl (C=O) groups excluding carboxylic acids is 1. The molecule has 0 saturated carbocycles. The van der Waals surface area contributed by atoms with E-state index in [4.69, 9.17) is 5.26 Å². The Morgan fingerprint density at radius 1 is 1.15 bits per heavy atom. The van der Waals surface area contributed by atoms with E-state index in [-0.39, 0.29) is 5.91 Å². The van der Waals surface area contributed by atoms with Crippen LogP contribution in [-0.2, 0) is 11.2 Å². The standard InChI is InChI=1S/C21H16N4OS/c22-13-16-3-1-15(2-4-16)5-10-20(26)23-18-8-6-17(7-9-18)19-14-25-11-12-27-21(25)24-19/h1-4,6-9,11-12,14H,5,10H2,(H,23,26). The second kappa shape index (κ2) is 7.44. The topological polar surface area (TPSA) is 70.2 Å². The molecule has 6 heteroatoms. The number of nitriles is 1. The third kappa shape index (κ3) is 3.89. The Labute approximate surface area is 160 Å². The van der Waals surface area contributed by atoms with Gasteiger partial charge in [0.2, 0.25) is 5.91 Å². The number of thiazole rings is 1. The number of fused-ring (bicyclic) bond motifs is 1. The lowest BCUT2D eigenvalue weighted by Gasteiger charge is -2.06. The fourth-order valence-corrected chi connectivity index (χ4v) is 3.52. The van der Waals surface area contributed by atoms with Gasteiger partial charge in [0.1, 0.15) is 0 Å². The van der Waals surface area contributed by atoms with Crippen LogP contribution in [0.1, 0.15) is 17.5 Å². The van der Waals surface area contributed by atoms with E-state index >= 15 is 0 Å². The first-order chi connectivity index (χ1) is 13.2. The van der Waals surface area contributed by atoms with Gasteiger partial charge in [-0.15, -0.1) is 11.3 Å². The molecule has 0 aliphatic rings. The van der Waals surface area contributed by atoms with Gasteiger partial charge in [-0.25, -0.2) is 4.98 Å². The summed E-state index contributed by atoms with van der Waals surface area (Å²) in [6.07, 6.45) is 5.02. The molecule has 27 heavy (non-hydrogen) atoms. The van der Waals surface area contributed by atoms with Crippen LogP contribution >= 0.6 is 11.3 Å². The average Bonchev–Trinajstić information content (AvgIpc) is 3.30. The Kier molecular flexibility index (Phi) is 4.69. The maximum absolute atomic E-state index is 12.2.